The van der Waals surface area contributed by atoms with Crippen LogP contribution in [0.5, 0.6) is 0 Å². The van der Waals surface area contributed by atoms with Crippen LogP contribution >= 0.6 is 0 Å². The number of aromatic nitrogens is 1. The third kappa shape index (κ3) is 2.85. The molecular formula is C14H17N3O3. The fraction of sp³-hybridized carbons (Fsp3) is 0.357. The Morgan fingerprint density at radius 1 is 1.45 bits per heavy atom. The molecule has 6 nitrogen and oxygen atoms in total. The van der Waals surface area contributed by atoms with Crippen molar-refractivity contribution in [1.82, 2.24) is 4.98 Å². The van der Waals surface area contributed by atoms with Crippen LogP contribution in [0.4, 0.5) is 11.4 Å². The zero-order chi connectivity index (χ0) is 14.9. The number of hydrogen-bond acceptors (Lipinski definition) is 5. The smallest absolute Gasteiger partial charge is 0.270 e. The van der Waals surface area contributed by atoms with Gasteiger partial charge in [0, 0.05) is 42.5 Å². The first kappa shape index (κ1) is 14.2. The SMILES string of the molecule is Cc1cc(N(C)CC(C)O)c2cc([N+](=O)[O-])ccc2n1. The van der Waals surface area contributed by atoms with Crippen molar-refractivity contribution in [3.8, 4) is 0 Å². The lowest BCUT2D eigenvalue weighted by Crippen LogP contribution is -2.27. The van der Waals surface area contributed by atoms with Crippen molar-refractivity contribution < 1.29 is 10.0 Å². The van der Waals surface area contributed by atoms with E-state index < -0.39 is 11.0 Å². The largest absolute Gasteiger partial charge is 0.392 e. The summed E-state index contributed by atoms with van der Waals surface area (Å²) in [6.45, 7) is 4.02. The predicted octanol–water partition coefficient (Wildman–Crippen LogP) is 2.27. The normalized spacial score (nSPS) is 12.4. The molecule has 0 fully saturated rings. The molecule has 6 heteroatoms. The van der Waals surface area contributed by atoms with Gasteiger partial charge in [0.25, 0.3) is 5.69 Å². The Labute approximate surface area is 116 Å². The molecule has 1 atom stereocenters. The first-order valence-corrected chi connectivity index (χ1v) is 6.33. The second kappa shape index (κ2) is 5.42. The van der Waals surface area contributed by atoms with Gasteiger partial charge in [-0.15, -0.1) is 0 Å². The van der Waals surface area contributed by atoms with Crippen LogP contribution in [0.3, 0.4) is 0 Å². The molecule has 1 heterocycles. The number of aliphatic hydroxyl groups excluding tert-OH is 1. The van der Waals surface area contributed by atoms with Crippen LogP contribution in [0.25, 0.3) is 10.9 Å². The van der Waals surface area contributed by atoms with Crippen LogP contribution in [0.15, 0.2) is 24.3 Å². The van der Waals surface area contributed by atoms with Gasteiger partial charge < -0.3 is 10.0 Å². The maximum Gasteiger partial charge on any atom is 0.270 e. The molecule has 1 N–H and O–H groups in total. The Morgan fingerprint density at radius 2 is 2.15 bits per heavy atom. The first-order chi connectivity index (χ1) is 9.38. The minimum Gasteiger partial charge on any atom is -0.392 e. The molecule has 1 unspecified atom stereocenters. The Balaban J connectivity index is 2.61. The van der Waals surface area contributed by atoms with E-state index in [0.29, 0.717) is 17.4 Å². The topological polar surface area (TPSA) is 79.5 Å². The van der Waals surface area contributed by atoms with Crippen molar-refractivity contribution in [2.75, 3.05) is 18.5 Å². The van der Waals surface area contributed by atoms with Gasteiger partial charge in [-0.05, 0) is 26.0 Å². The highest BCUT2D eigenvalue weighted by molar-refractivity contribution is 5.93. The molecule has 0 bridgehead atoms. The molecule has 2 rings (SSSR count). The summed E-state index contributed by atoms with van der Waals surface area (Å²) in [7, 11) is 1.85. The molecule has 2 aromatic rings. The molecule has 1 aromatic heterocycles. The second-order valence-corrected chi connectivity index (χ2v) is 4.97. The highest BCUT2D eigenvalue weighted by atomic mass is 16.6. The van der Waals surface area contributed by atoms with Crippen LogP contribution < -0.4 is 4.90 Å². The number of pyridine rings is 1. The zero-order valence-electron chi connectivity index (χ0n) is 11.7. The van der Waals surface area contributed by atoms with Crippen molar-refractivity contribution in [2.45, 2.75) is 20.0 Å². The van der Waals surface area contributed by atoms with Gasteiger partial charge in [0.1, 0.15) is 0 Å². The zero-order valence-corrected chi connectivity index (χ0v) is 11.7. The second-order valence-electron chi connectivity index (χ2n) is 4.97. The Morgan fingerprint density at radius 3 is 2.75 bits per heavy atom. The van der Waals surface area contributed by atoms with Gasteiger partial charge in [0.15, 0.2) is 0 Å². The van der Waals surface area contributed by atoms with Gasteiger partial charge >= 0.3 is 0 Å². The van der Waals surface area contributed by atoms with Gasteiger partial charge in [-0.1, -0.05) is 0 Å². The average molecular weight is 275 g/mol. The summed E-state index contributed by atoms with van der Waals surface area (Å²) < 4.78 is 0. The number of non-ortho nitro benzene ring substituents is 1. The molecule has 0 spiro atoms. The van der Waals surface area contributed by atoms with E-state index in [1.807, 2.05) is 24.9 Å². The standard InChI is InChI=1S/C14H17N3O3/c1-9-6-14(16(3)8-10(2)18)12-7-11(17(19)20)4-5-13(12)15-9/h4-7,10,18H,8H2,1-3H3. The number of nitro benzene ring substituents is 1. The Hall–Kier alpha value is -2.21. The number of benzene rings is 1. The van der Waals surface area contributed by atoms with Crippen molar-refractivity contribution >= 4 is 22.3 Å². The fourth-order valence-electron chi connectivity index (χ4n) is 2.25. The van der Waals surface area contributed by atoms with Crippen LogP contribution in [-0.2, 0) is 0 Å². The first-order valence-electron chi connectivity index (χ1n) is 6.33. The summed E-state index contributed by atoms with van der Waals surface area (Å²) in [5.41, 5.74) is 2.41. The van der Waals surface area contributed by atoms with Crippen molar-refractivity contribution in [3.63, 3.8) is 0 Å². The molecule has 0 aliphatic rings. The number of hydrogen-bond donors (Lipinski definition) is 1. The number of nitro groups is 1. The predicted molar refractivity (Wildman–Crippen MR) is 78.1 cm³/mol. The van der Waals surface area contributed by atoms with Gasteiger partial charge in [-0.3, -0.25) is 15.1 Å². The lowest BCUT2D eigenvalue weighted by atomic mass is 10.1. The molecule has 1 aromatic carbocycles. The number of fused-ring (bicyclic) bond motifs is 1. The van der Waals surface area contributed by atoms with E-state index in [1.165, 1.54) is 12.1 Å². The van der Waals surface area contributed by atoms with E-state index >= 15 is 0 Å². The quantitative estimate of drug-likeness (QED) is 0.684. The van der Waals surface area contributed by atoms with E-state index in [0.717, 1.165) is 11.4 Å². The van der Waals surface area contributed by atoms with E-state index in [1.54, 1.807) is 13.0 Å². The van der Waals surface area contributed by atoms with E-state index in [4.69, 9.17) is 0 Å². The van der Waals surface area contributed by atoms with Crippen molar-refractivity contribution in [2.24, 2.45) is 0 Å². The number of nitrogens with zero attached hydrogens (tertiary/aromatic N) is 3. The maximum absolute atomic E-state index is 10.9. The number of rotatable bonds is 4. The summed E-state index contributed by atoms with van der Waals surface area (Å²) in [5.74, 6) is 0. The van der Waals surface area contributed by atoms with Gasteiger partial charge in [-0.25, -0.2) is 0 Å². The summed E-state index contributed by atoms with van der Waals surface area (Å²) in [4.78, 5) is 16.8. The molecule has 0 saturated heterocycles. The molecular weight excluding hydrogens is 258 g/mol. The minimum absolute atomic E-state index is 0.0369. The summed E-state index contributed by atoms with van der Waals surface area (Å²) in [6, 6.07) is 6.50. The molecule has 0 saturated carbocycles. The molecule has 0 aliphatic heterocycles. The maximum atomic E-state index is 10.9. The van der Waals surface area contributed by atoms with Crippen LogP contribution in [-0.4, -0.2) is 34.7 Å². The fourth-order valence-corrected chi connectivity index (χ4v) is 2.25. The third-order valence-electron chi connectivity index (χ3n) is 3.06. The third-order valence-corrected chi connectivity index (χ3v) is 3.06. The van der Waals surface area contributed by atoms with Gasteiger partial charge in [0.05, 0.1) is 16.5 Å². The molecule has 0 aliphatic carbocycles. The summed E-state index contributed by atoms with van der Waals surface area (Å²) in [6.07, 6.45) is -0.484. The van der Waals surface area contributed by atoms with Crippen LogP contribution in [0.2, 0.25) is 0 Å². The van der Waals surface area contributed by atoms with Crippen molar-refractivity contribution in [3.05, 3.63) is 40.1 Å². The number of anilines is 1. The Kier molecular flexibility index (Phi) is 3.85. The lowest BCUT2D eigenvalue weighted by Gasteiger charge is -2.22. The van der Waals surface area contributed by atoms with E-state index in [-0.39, 0.29) is 5.69 Å². The number of aliphatic hydroxyl groups is 1. The average Bonchev–Trinajstić information content (AvgIpc) is 2.36. The van der Waals surface area contributed by atoms with Gasteiger partial charge in [0.2, 0.25) is 0 Å². The van der Waals surface area contributed by atoms with Crippen molar-refractivity contribution in [1.29, 1.82) is 0 Å². The van der Waals surface area contributed by atoms with Crippen LogP contribution in [0.1, 0.15) is 12.6 Å². The number of likely N-dealkylation sites (N-methyl/N-ethyl adjacent to an activating group) is 1. The molecule has 20 heavy (non-hydrogen) atoms. The molecule has 106 valence electrons. The highest BCUT2D eigenvalue weighted by Crippen LogP contribution is 2.29. The molecule has 0 amide bonds. The van der Waals surface area contributed by atoms with Crippen LogP contribution in [0, 0.1) is 17.0 Å². The highest BCUT2D eigenvalue weighted by Gasteiger charge is 2.14. The van der Waals surface area contributed by atoms with Gasteiger partial charge in [-0.2, -0.15) is 0 Å². The summed E-state index contributed by atoms with van der Waals surface area (Å²) >= 11 is 0. The Bertz CT molecular complexity index is 655. The van der Waals surface area contributed by atoms with E-state index in [2.05, 4.69) is 4.98 Å². The monoisotopic (exact) mass is 275 g/mol. The molecule has 0 radical (unpaired) electrons. The lowest BCUT2D eigenvalue weighted by molar-refractivity contribution is -0.384. The summed E-state index contributed by atoms with van der Waals surface area (Å²) in [5, 5.41) is 21.1. The minimum atomic E-state index is -0.484. The van der Waals surface area contributed by atoms with E-state index in [9.17, 15) is 15.2 Å². The number of aryl methyl sites for hydroxylation is 1.